The van der Waals surface area contributed by atoms with E-state index in [1.807, 2.05) is 6.92 Å². The molecule has 0 aliphatic carbocycles. The number of esters is 1. The average Bonchev–Trinajstić information content (AvgIpc) is 2.65. The second-order valence-electron chi connectivity index (χ2n) is 5.97. The molecule has 0 aliphatic rings. The van der Waals surface area contributed by atoms with Gasteiger partial charge in [0.15, 0.2) is 6.04 Å². The summed E-state index contributed by atoms with van der Waals surface area (Å²) in [4.78, 5) is 12.7. The average molecular weight is 424 g/mol. The van der Waals surface area contributed by atoms with Gasteiger partial charge in [-0.2, -0.15) is 0 Å². The second-order valence-corrected chi connectivity index (χ2v) is 6.82. The summed E-state index contributed by atoms with van der Waals surface area (Å²) in [5.74, 6) is -0.137. The number of nitrogen functional groups attached to an aromatic ring is 1. The summed E-state index contributed by atoms with van der Waals surface area (Å²) < 4.78 is 11.0. The molecule has 150 valence electrons. The van der Waals surface area contributed by atoms with Crippen LogP contribution in [-0.4, -0.2) is 25.0 Å². The summed E-state index contributed by atoms with van der Waals surface area (Å²) in [6.07, 6.45) is 0.780. The third-order valence-electron chi connectivity index (χ3n) is 3.83. The molecule has 0 spiro atoms. The normalized spacial score (nSPS) is 11.6. The predicted octanol–water partition coefficient (Wildman–Crippen LogP) is 4.78. The highest BCUT2D eigenvalue weighted by Gasteiger charge is 2.27. The number of carbonyl (C=O) groups is 1. The quantitative estimate of drug-likeness (QED) is 0.306. The van der Waals surface area contributed by atoms with E-state index in [0.717, 1.165) is 6.42 Å². The summed E-state index contributed by atoms with van der Waals surface area (Å²) in [6, 6.07) is 9.15. The molecule has 1 unspecified atom stereocenters. The maximum absolute atomic E-state index is 12.7. The van der Waals surface area contributed by atoms with Gasteiger partial charge in [-0.15, -0.1) is 0 Å². The first-order valence-electron chi connectivity index (χ1n) is 8.86. The lowest BCUT2D eigenvalue weighted by atomic mass is 10.0. The number of halogens is 2. The molecule has 0 fully saturated rings. The van der Waals surface area contributed by atoms with Crippen molar-refractivity contribution < 1.29 is 14.3 Å². The van der Waals surface area contributed by atoms with Gasteiger partial charge in [0.2, 0.25) is 0 Å². The number of benzene rings is 2. The Morgan fingerprint density at radius 3 is 2.46 bits per heavy atom. The second kappa shape index (κ2) is 10.2. The highest BCUT2D eigenvalue weighted by Crippen LogP contribution is 2.38. The Morgan fingerprint density at radius 1 is 1.21 bits per heavy atom. The summed E-state index contributed by atoms with van der Waals surface area (Å²) >= 11 is 12.5. The highest BCUT2D eigenvalue weighted by atomic mass is 35.5. The third kappa shape index (κ3) is 5.53. The Balaban J connectivity index is 2.45. The van der Waals surface area contributed by atoms with E-state index in [-0.39, 0.29) is 12.4 Å². The van der Waals surface area contributed by atoms with Crippen LogP contribution in [0.25, 0.3) is 0 Å². The summed E-state index contributed by atoms with van der Waals surface area (Å²) in [6.45, 7) is 4.37. The number of hydrogen-bond acceptors (Lipinski definition) is 5. The molecule has 4 N–H and O–H groups in total. The van der Waals surface area contributed by atoms with E-state index in [1.54, 1.807) is 43.3 Å². The van der Waals surface area contributed by atoms with Gasteiger partial charge in [-0.25, -0.2) is 4.79 Å². The predicted molar refractivity (Wildman–Crippen MR) is 113 cm³/mol. The van der Waals surface area contributed by atoms with Gasteiger partial charge in [0.25, 0.3) is 0 Å². The number of nitrogens with one attached hydrogen (secondary N) is 2. The van der Waals surface area contributed by atoms with Crippen LogP contribution in [0.15, 0.2) is 36.4 Å². The molecule has 0 aliphatic heterocycles. The lowest BCUT2D eigenvalue weighted by molar-refractivity contribution is -0.144. The van der Waals surface area contributed by atoms with Gasteiger partial charge in [-0.05, 0) is 49.7 Å². The van der Waals surface area contributed by atoms with Gasteiger partial charge < -0.3 is 20.5 Å². The fraction of sp³-hybridized carbons (Fsp3) is 0.300. The molecule has 0 saturated heterocycles. The van der Waals surface area contributed by atoms with Crippen LogP contribution in [0.2, 0.25) is 10.0 Å². The number of hydrogen-bond donors (Lipinski definition) is 3. The van der Waals surface area contributed by atoms with Crippen molar-refractivity contribution in [2.24, 2.45) is 5.73 Å². The van der Waals surface area contributed by atoms with Crippen LogP contribution in [0.3, 0.4) is 0 Å². The molecule has 0 aromatic heterocycles. The van der Waals surface area contributed by atoms with Crippen molar-refractivity contribution in [2.45, 2.75) is 26.3 Å². The molecular weight excluding hydrogens is 401 g/mol. The number of anilines is 1. The maximum atomic E-state index is 12.7. The fourth-order valence-corrected chi connectivity index (χ4v) is 3.12. The van der Waals surface area contributed by atoms with Crippen molar-refractivity contribution in [2.75, 3.05) is 18.5 Å². The van der Waals surface area contributed by atoms with Crippen LogP contribution in [-0.2, 0) is 9.53 Å². The van der Waals surface area contributed by atoms with Crippen LogP contribution in [0.5, 0.6) is 5.75 Å². The molecular formula is C20H23Cl2N3O3. The summed E-state index contributed by atoms with van der Waals surface area (Å²) in [5.41, 5.74) is 7.19. The molecule has 28 heavy (non-hydrogen) atoms. The zero-order chi connectivity index (χ0) is 20.7. The number of nitrogens with two attached hydrogens (primary N) is 1. The zero-order valence-electron chi connectivity index (χ0n) is 15.7. The van der Waals surface area contributed by atoms with Crippen molar-refractivity contribution >= 4 is 40.7 Å². The van der Waals surface area contributed by atoms with Crippen LogP contribution >= 0.6 is 23.2 Å². The van der Waals surface area contributed by atoms with Gasteiger partial charge >= 0.3 is 5.97 Å². The Labute approximate surface area is 174 Å². The largest absolute Gasteiger partial charge is 0.492 e. The maximum Gasteiger partial charge on any atom is 0.333 e. The third-order valence-corrected chi connectivity index (χ3v) is 4.33. The van der Waals surface area contributed by atoms with Gasteiger partial charge in [-0.3, -0.25) is 5.41 Å². The molecule has 0 radical (unpaired) electrons. The van der Waals surface area contributed by atoms with E-state index < -0.39 is 12.0 Å². The van der Waals surface area contributed by atoms with Gasteiger partial charge in [-0.1, -0.05) is 30.1 Å². The topological polar surface area (TPSA) is 97.4 Å². The van der Waals surface area contributed by atoms with Gasteiger partial charge in [0.1, 0.15) is 11.6 Å². The molecule has 0 amide bonds. The molecule has 1 atom stereocenters. The van der Waals surface area contributed by atoms with Crippen molar-refractivity contribution in [1.29, 1.82) is 5.41 Å². The molecule has 8 heteroatoms. The molecule has 0 saturated carbocycles. The van der Waals surface area contributed by atoms with E-state index in [0.29, 0.717) is 39.2 Å². The number of amidine groups is 1. The first-order valence-corrected chi connectivity index (χ1v) is 9.62. The molecule has 0 heterocycles. The van der Waals surface area contributed by atoms with Crippen molar-refractivity contribution in [3.05, 3.63) is 57.6 Å². The first-order chi connectivity index (χ1) is 13.4. The highest BCUT2D eigenvalue weighted by molar-refractivity contribution is 6.35. The minimum atomic E-state index is -0.883. The number of ether oxygens (including phenoxy) is 2. The zero-order valence-corrected chi connectivity index (χ0v) is 17.2. The lowest BCUT2D eigenvalue weighted by Gasteiger charge is -2.22. The Bertz CT molecular complexity index is 841. The summed E-state index contributed by atoms with van der Waals surface area (Å²) in [7, 11) is 0. The van der Waals surface area contributed by atoms with Crippen LogP contribution in [0, 0.1) is 5.41 Å². The van der Waals surface area contributed by atoms with Crippen molar-refractivity contribution in [3.8, 4) is 5.75 Å². The molecule has 2 aromatic carbocycles. The van der Waals surface area contributed by atoms with Crippen LogP contribution in [0.1, 0.15) is 37.4 Å². The van der Waals surface area contributed by atoms with Crippen molar-refractivity contribution in [3.63, 3.8) is 0 Å². The van der Waals surface area contributed by atoms with E-state index in [1.165, 1.54) is 0 Å². The van der Waals surface area contributed by atoms with Gasteiger partial charge in [0, 0.05) is 21.8 Å². The standard InChI is InChI=1S/C20H23Cl2N3O3/c1-3-9-28-18-15(10-13(21)11-16(18)22)17(20(26)27-4-2)25-14-7-5-12(6-8-14)19(23)24/h5-8,10-11,17,25H,3-4,9H2,1-2H3,(H3,23,24). The SMILES string of the molecule is CCCOc1c(Cl)cc(Cl)cc1C(Nc1ccc(C(=N)N)cc1)C(=O)OCC. The van der Waals surface area contributed by atoms with E-state index in [9.17, 15) is 4.79 Å². The minimum Gasteiger partial charge on any atom is -0.492 e. The van der Waals surface area contributed by atoms with E-state index in [2.05, 4.69) is 5.32 Å². The van der Waals surface area contributed by atoms with E-state index in [4.69, 9.17) is 43.8 Å². The van der Waals surface area contributed by atoms with Crippen LogP contribution < -0.4 is 15.8 Å². The minimum absolute atomic E-state index is 0.0367. The number of carbonyl (C=O) groups excluding carboxylic acids is 1. The lowest BCUT2D eigenvalue weighted by Crippen LogP contribution is -2.24. The first kappa shape index (κ1) is 21.9. The monoisotopic (exact) mass is 423 g/mol. The molecule has 2 rings (SSSR count). The van der Waals surface area contributed by atoms with E-state index >= 15 is 0 Å². The molecule has 0 bridgehead atoms. The molecule has 6 nitrogen and oxygen atoms in total. The Kier molecular flexibility index (Phi) is 7.96. The van der Waals surface area contributed by atoms with Gasteiger partial charge in [0.05, 0.1) is 18.2 Å². The molecule has 2 aromatic rings. The smallest absolute Gasteiger partial charge is 0.333 e. The van der Waals surface area contributed by atoms with Crippen molar-refractivity contribution in [1.82, 2.24) is 0 Å². The Hall–Kier alpha value is -2.44. The number of rotatable bonds is 9. The van der Waals surface area contributed by atoms with Crippen LogP contribution in [0.4, 0.5) is 5.69 Å². The fourth-order valence-electron chi connectivity index (χ4n) is 2.55. The Morgan fingerprint density at radius 2 is 1.89 bits per heavy atom. The summed E-state index contributed by atoms with van der Waals surface area (Å²) in [5, 5.41) is 11.3.